The van der Waals surface area contributed by atoms with Crippen molar-refractivity contribution in [1.29, 1.82) is 0 Å². The number of nitrogens with zero attached hydrogens (tertiary/aromatic N) is 1. The third kappa shape index (κ3) is 4.43. The van der Waals surface area contributed by atoms with E-state index in [1.54, 1.807) is 0 Å². The third-order valence-corrected chi connectivity index (χ3v) is 2.69. The second-order valence-corrected chi connectivity index (χ2v) is 4.16. The van der Waals surface area contributed by atoms with E-state index in [-0.39, 0.29) is 5.91 Å². The molecule has 0 aliphatic rings. The number of hydrogen-bond donors (Lipinski definition) is 0. The van der Waals surface area contributed by atoms with Crippen LogP contribution >= 0.6 is 0 Å². The number of likely N-dealkylation sites (N-methyl/N-ethyl adjacent to an activating group) is 1. The topological polar surface area (TPSA) is 20.3 Å². The Labute approximate surface area is 104 Å². The van der Waals surface area contributed by atoms with E-state index >= 15 is 0 Å². The van der Waals surface area contributed by atoms with Crippen LogP contribution < -0.4 is 0 Å². The predicted octanol–water partition coefficient (Wildman–Crippen LogP) is 3.35. The van der Waals surface area contributed by atoms with Crippen molar-refractivity contribution >= 4 is 12.0 Å². The molecule has 1 aromatic carbocycles. The summed E-state index contributed by atoms with van der Waals surface area (Å²) < 4.78 is 0. The first-order chi connectivity index (χ1) is 8.17. The fraction of sp³-hybridized carbons (Fsp3) is 0.400. The number of carbonyl (C=O) groups is 1. The van der Waals surface area contributed by atoms with E-state index in [0.717, 1.165) is 13.1 Å². The normalized spacial score (nSPS) is 11.4. The highest BCUT2D eigenvalue weighted by Crippen LogP contribution is 2.08. The Bertz CT molecular complexity index is 381. The third-order valence-electron chi connectivity index (χ3n) is 2.69. The lowest BCUT2D eigenvalue weighted by molar-refractivity contribution is -0.130. The lowest BCUT2D eigenvalue weighted by atomic mass is 10.1. The van der Waals surface area contributed by atoms with Crippen LogP contribution in [0.2, 0.25) is 0 Å². The molecule has 1 amide bonds. The first-order valence-electron chi connectivity index (χ1n) is 6.17. The molecular weight excluding hydrogens is 210 g/mol. The maximum absolute atomic E-state index is 11.6. The fourth-order valence-electron chi connectivity index (χ4n) is 1.78. The zero-order valence-corrected chi connectivity index (χ0v) is 10.9. The summed E-state index contributed by atoms with van der Waals surface area (Å²) in [5.74, 6) is 0.216. The van der Waals surface area contributed by atoms with Crippen LogP contribution in [0.4, 0.5) is 0 Å². The molecule has 0 atom stereocenters. The quantitative estimate of drug-likeness (QED) is 0.761. The summed E-state index contributed by atoms with van der Waals surface area (Å²) in [7, 11) is 0. The van der Waals surface area contributed by atoms with Crippen LogP contribution in [0.15, 0.2) is 35.9 Å². The van der Waals surface area contributed by atoms with Gasteiger partial charge < -0.3 is 4.90 Å². The van der Waals surface area contributed by atoms with Crippen LogP contribution in [0, 0.1) is 0 Å². The van der Waals surface area contributed by atoms with Crippen molar-refractivity contribution in [3.05, 3.63) is 41.5 Å². The minimum Gasteiger partial charge on any atom is -0.339 e. The zero-order valence-electron chi connectivity index (χ0n) is 10.9. The van der Waals surface area contributed by atoms with E-state index in [4.69, 9.17) is 0 Å². The van der Waals surface area contributed by atoms with Gasteiger partial charge in [-0.25, -0.2) is 0 Å². The molecule has 0 fully saturated rings. The molecule has 2 nitrogen and oxygen atoms in total. The van der Waals surface area contributed by atoms with Crippen molar-refractivity contribution in [3.8, 4) is 0 Å². The second-order valence-electron chi connectivity index (χ2n) is 4.16. The lowest BCUT2D eigenvalue weighted by Gasteiger charge is -2.20. The van der Waals surface area contributed by atoms with Crippen molar-refractivity contribution < 1.29 is 4.79 Å². The number of amides is 1. The van der Waals surface area contributed by atoms with Gasteiger partial charge in [-0.1, -0.05) is 48.9 Å². The van der Waals surface area contributed by atoms with E-state index in [1.165, 1.54) is 11.1 Å². The first kappa shape index (κ1) is 13.5. The molecule has 1 aromatic rings. The highest BCUT2D eigenvalue weighted by atomic mass is 16.2. The van der Waals surface area contributed by atoms with Crippen LogP contribution in [-0.4, -0.2) is 23.9 Å². The Balaban J connectivity index is 2.67. The largest absolute Gasteiger partial charge is 0.339 e. The van der Waals surface area contributed by atoms with Gasteiger partial charge >= 0.3 is 0 Å². The predicted molar refractivity (Wildman–Crippen MR) is 72.6 cm³/mol. The standard InChI is InChI=1S/C15H21NO/c1-4-15(17)16(5-2)12-13(3)11-14-9-7-6-8-10-14/h6-11H,4-5,12H2,1-3H3/b13-11-. The summed E-state index contributed by atoms with van der Waals surface area (Å²) in [5, 5.41) is 0. The van der Waals surface area contributed by atoms with Crippen molar-refractivity contribution in [3.63, 3.8) is 0 Å². The SMILES string of the molecule is CCC(=O)N(CC)C/C(C)=C\c1ccccc1. The second kappa shape index (κ2) is 6.89. The zero-order chi connectivity index (χ0) is 12.7. The Morgan fingerprint density at radius 1 is 1.24 bits per heavy atom. The van der Waals surface area contributed by atoms with Gasteiger partial charge in [0.1, 0.15) is 0 Å². The van der Waals surface area contributed by atoms with Gasteiger partial charge in [0.2, 0.25) is 5.91 Å². The molecule has 0 unspecified atom stereocenters. The first-order valence-corrected chi connectivity index (χ1v) is 6.17. The Morgan fingerprint density at radius 3 is 2.41 bits per heavy atom. The molecule has 0 aromatic heterocycles. The van der Waals surface area contributed by atoms with Crippen LogP contribution in [0.3, 0.4) is 0 Å². The molecule has 0 aliphatic heterocycles. The molecule has 0 radical (unpaired) electrons. The molecule has 2 heteroatoms. The number of hydrogen-bond acceptors (Lipinski definition) is 1. The molecule has 17 heavy (non-hydrogen) atoms. The summed E-state index contributed by atoms with van der Waals surface area (Å²) in [6.45, 7) is 7.48. The van der Waals surface area contributed by atoms with E-state index in [9.17, 15) is 4.79 Å². The molecule has 0 aliphatic carbocycles. The van der Waals surface area contributed by atoms with E-state index in [0.29, 0.717) is 6.42 Å². The lowest BCUT2D eigenvalue weighted by Crippen LogP contribution is -2.31. The number of rotatable bonds is 5. The summed E-state index contributed by atoms with van der Waals surface area (Å²) in [6, 6.07) is 10.2. The molecule has 1 rings (SSSR count). The van der Waals surface area contributed by atoms with Gasteiger partial charge in [0.15, 0.2) is 0 Å². The number of benzene rings is 1. The Hall–Kier alpha value is -1.57. The van der Waals surface area contributed by atoms with Gasteiger partial charge in [-0.15, -0.1) is 0 Å². The molecule has 0 heterocycles. The van der Waals surface area contributed by atoms with Crippen LogP contribution in [-0.2, 0) is 4.79 Å². The van der Waals surface area contributed by atoms with Gasteiger partial charge in [0, 0.05) is 19.5 Å². The summed E-state index contributed by atoms with van der Waals surface area (Å²) in [4.78, 5) is 13.5. The van der Waals surface area contributed by atoms with Crippen molar-refractivity contribution in [2.24, 2.45) is 0 Å². The monoisotopic (exact) mass is 231 g/mol. The minimum atomic E-state index is 0.216. The smallest absolute Gasteiger partial charge is 0.222 e. The van der Waals surface area contributed by atoms with Gasteiger partial charge in [-0.2, -0.15) is 0 Å². The number of carbonyl (C=O) groups excluding carboxylic acids is 1. The van der Waals surface area contributed by atoms with Crippen LogP contribution in [0.1, 0.15) is 32.8 Å². The highest BCUT2D eigenvalue weighted by molar-refractivity contribution is 5.76. The van der Waals surface area contributed by atoms with Gasteiger partial charge in [-0.05, 0) is 19.4 Å². The van der Waals surface area contributed by atoms with Gasteiger partial charge in [0.25, 0.3) is 0 Å². The Kier molecular flexibility index (Phi) is 5.47. The summed E-state index contributed by atoms with van der Waals surface area (Å²) in [5.41, 5.74) is 2.39. The average molecular weight is 231 g/mol. The molecule has 0 saturated carbocycles. The van der Waals surface area contributed by atoms with E-state index < -0.39 is 0 Å². The molecule has 92 valence electrons. The van der Waals surface area contributed by atoms with Crippen molar-refractivity contribution in [1.82, 2.24) is 4.90 Å². The van der Waals surface area contributed by atoms with Gasteiger partial charge in [-0.3, -0.25) is 4.79 Å². The highest BCUT2D eigenvalue weighted by Gasteiger charge is 2.08. The molecule has 0 spiro atoms. The molecule has 0 saturated heterocycles. The minimum absolute atomic E-state index is 0.216. The van der Waals surface area contributed by atoms with Crippen LogP contribution in [0.25, 0.3) is 6.08 Å². The van der Waals surface area contributed by atoms with E-state index in [1.807, 2.05) is 36.9 Å². The Morgan fingerprint density at radius 2 is 1.88 bits per heavy atom. The maximum atomic E-state index is 11.6. The van der Waals surface area contributed by atoms with Crippen molar-refractivity contribution in [2.45, 2.75) is 27.2 Å². The van der Waals surface area contributed by atoms with Gasteiger partial charge in [0.05, 0.1) is 0 Å². The fourth-order valence-corrected chi connectivity index (χ4v) is 1.78. The van der Waals surface area contributed by atoms with Crippen LogP contribution in [0.5, 0.6) is 0 Å². The average Bonchev–Trinajstić information content (AvgIpc) is 2.36. The molecule has 0 N–H and O–H groups in total. The maximum Gasteiger partial charge on any atom is 0.222 e. The molecular formula is C15H21NO. The summed E-state index contributed by atoms with van der Waals surface area (Å²) in [6.07, 6.45) is 2.71. The van der Waals surface area contributed by atoms with Crippen molar-refractivity contribution in [2.75, 3.05) is 13.1 Å². The van der Waals surface area contributed by atoms with E-state index in [2.05, 4.69) is 25.1 Å². The summed E-state index contributed by atoms with van der Waals surface area (Å²) >= 11 is 0. The molecule has 0 bridgehead atoms.